The Morgan fingerprint density at radius 2 is 1.27 bits per heavy atom. The van der Waals surface area contributed by atoms with Gasteiger partial charge >= 0.3 is 0 Å². The van der Waals surface area contributed by atoms with Crippen molar-refractivity contribution >= 4 is 26.8 Å². The minimum Gasteiger partial charge on any atom is -0.545 e. The van der Waals surface area contributed by atoms with Gasteiger partial charge in [0.15, 0.2) is 0 Å². The Labute approximate surface area is 136 Å². The first kappa shape index (κ1) is 16.8. The molecule has 22 heavy (non-hydrogen) atoms. The lowest BCUT2D eigenvalue weighted by Crippen LogP contribution is -2.43. The van der Waals surface area contributed by atoms with E-state index in [9.17, 15) is 0 Å². The molecule has 2 rings (SSSR count). The highest BCUT2D eigenvalue weighted by atomic mass is 28.4. The van der Waals surface area contributed by atoms with Crippen LogP contribution in [0.25, 0.3) is 0 Å². The summed E-state index contributed by atoms with van der Waals surface area (Å²) < 4.78 is 6.13. The van der Waals surface area contributed by atoms with E-state index in [1.165, 1.54) is 10.4 Å². The predicted octanol–water partition coefficient (Wildman–Crippen LogP) is 4.24. The van der Waals surface area contributed by atoms with Gasteiger partial charge in [-0.2, -0.15) is 0 Å². The average Bonchev–Trinajstić information content (AvgIpc) is 2.53. The van der Waals surface area contributed by atoms with Crippen molar-refractivity contribution < 1.29 is 4.43 Å². The summed E-state index contributed by atoms with van der Waals surface area (Å²) in [6.07, 6.45) is 4.16. The molecular formula is C19H26OSi2. The standard InChI is InChI=1S/C19H26OSi2/c1-21(2,18-12-7-5-8-13-18)17-11-16-20-22(3,4)19-14-9-6-10-15-19/h5-16H,17H2,1-4H3/b16-11+. The summed E-state index contributed by atoms with van der Waals surface area (Å²) in [5.41, 5.74) is 0. The predicted molar refractivity (Wildman–Crippen MR) is 102 cm³/mol. The molecule has 0 bridgehead atoms. The minimum atomic E-state index is -1.83. The Hall–Kier alpha value is -1.59. The van der Waals surface area contributed by atoms with E-state index < -0.39 is 16.4 Å². The van der Waals surface area contributed by atoms with Crippen LogP contribution in [-0.2, 0) is 4.43 Å². The summed E-state index contributed by atoms with van der Waals surface area (Å²) >= 11 is 0. The molecule has 0 heterocycles. The number of benzene rings is 2. The monoisotopic (exact) mass is 326 g/mol. The second kappa shape index (κ2) is 7.12. The molecule has 0 saturated carbocycles. The summed E-state index contributed by atoms with van der Waals surface area (Å²) in [4.78, 5) is 0. The summed E-state index contributed by atoms with van der Waals surface area (Å²) in [7, 11) is -3.23. The maximum atomic E-state index is 6.13. The van der Waals surface area contributed by atoms with Crippen LogP contribution in [0.5, 0.6) is 0 Å². The Bertz CT molecular complexity index is 548. The lowest BCUT2D eigenvalue weighted by atomic mass is 10.4. The Morgan fingerprint density at radius 1 is 0.773 bits per heavy atom. The van der Waals surface area contributed by atoms with Gasteiger partial charge < -0.3 is 4.43 Å². The quantitative estimate of drug-likeness (QED) is 0.570. The molecule has 0 saturated heterocycles. The lowest BCUT2D eigenvalue weighted by molar-refractivity contribution is 0.485. The smallest absolute Gasteiger partial charge is 0.276 e. The van der Waals surface area contributed by atoms with Crippen molar-refractivity contribution in [2.24, 2.45) is 0 Å². The van der Waals surface area contributed by atoms with Gasteiger partial charge in [-0.15, -0.1) is 0 Å². The van der Waals surface area contributed by atoms with E-state index in [1.54, 1.807) is 0 Å². The van der Waals surface area contributed by atoms with Crippen LogP contribution in [0.1, 0.15) is 0 Å². The van der Waals surface area contributed by atoms with Gasteiger partial charge in [-0.05, 0) is 24.3 Å². The number of hydrogen-bond acceptors (Lipinski definition) is 1. The molecule has 0 atom stereocenters. The van der Waals surface area contributed by atoms with E-state index in [1.807, 2.05) is 6.26 Å². The summed E-state index contributed by atoms with van der Waals surface area (Å²) in [5.74, 6) is 0. The topological polar surface area (TPSA) is 9.23 Å². The first-order valence-electron chi connectivity index (χ1n) is 7.86. The first-order chi connectivity index (χ1) is 10.4. The maximum Gasteiger partial charge on any atom is 0.276 e. The van der Waals surface area contributed by atoms with Crippen LogP contribution in [0.3, 0.4) is 0 Å². The Balaban J connectivity index is 1.96. The van der Waals surface area contributed by atoms with Crippen molar-refractivity contribution in [3.8, 4) is 0 Å². The first-order valence-corrected chi connectivity index (χ1v) is 14.0. The molecule has 3 heteroatoms. The van der Waals surface area contributed by atoms with Gasteiger partial charge in [-0.25, -0.2) is 0 Å². The van der Waals surface area contributed by atoms with Crippen LogP contribution >= 0.6 is 0 Å². The van der Waals surface area contributed by atoms with Gasteiger partial charge in [0.2, 0.25) is 0 Å². The van der Waals surface area contributed by atoms with Crippen LogP contribution in [0.4, 0.5) is 0 Å². The van der Waals surface area contributed by atoms with Crippen LogP contribution in [-0.4, -0.2) is 16.4 Å². The maximum absolute atomic E-state index is 6.13. The zero-order chi connectivity index (χ0) is 16.1. The molecule has 0 fully saturated rings. The van der Waals surface area contributed by atoms with Crippen molar-refractivity contribution in [1.82, 2.24) is 0 Å². The van der Waals surface area contributed by atoms with Crippen molar-refractivity contribution in [1.29, 1.82) is 0 Å². The lowest BCUT2D eigenvalue weighted by Gasteiger charge is -2.23. The number of allylic oxidation sites excluding steroid dienone is 1. The van der Waals surface area contributed by atoms with Gasteiger partial charge in [0.25, 0.3) is 8.32 Å². The molecule has 0 aromatic heterocycles. The fraction of sp³-hybridized carbons (Fsp3) is 0.263. The van der Waals surface area contributed by atoms with E-state index >= 15 is 0 Å². The van der Waals surface area contributed by atoms with Crippen LogP contribution < -0.4 is 10.4 Å². The van der Waals surface area contributed by atoms with Crippen molar-refractivity contribution in [3.05, 3.63) is 73.0 Å². The Kier molecular flexibility index (Phi) is 5.43. The molecule has 2 aromatic carbocycles. The van der Waals surface area contributed by atoms with E-state index in [2.05, 4.69) is 92.9 Å². The molecule has 1 nitrogen and oxygen atoms in total. The highest BCUT2D eigenvalue weighted by Gasteiger charge is 2.25. The summed E-state index contributed by atoms with van der Waals surface area (Å²) in [6, 6.07) is 22.5. The SMILES string of the molecule is C[Si](C)(C/C=C/O[Si](C)(C)c1ccccc1)c1ccccc1. The van der Waals surface area contributed by atoms with Gasteiger partial charge in [0.1, 0.15) is 0 Å². The van der Waals surface area contributed by atoms with Gasteiger partial charge in [-0.3, -0.25) is 0 Å². The van der Waals surface area contributed by atoms with Gasteiger partial charge in [-0.1, -0.05) is 85.0 Å². The largest absolute Gasteiger partial charge is 0.545 e. The third-order valence-electron chi connectivity index (χ3n) is 4.11. The molecule has 0 spiro atoms. The van der Waals surface area contributed by atoms with E-state index in [0.29, 0.717) is 0 Å². The second-order valence-electron chi connectivity index (χ2n) is 6.82. The molecule has 0 N–H and O–H groups in total. The van der Waals surface area contributed by atoms with Gasteiger partial charge in [0.05, 0.1) is 14.3 Å². The van der Waals surface area contributed by atoms with Crippen molar-refractivity contribution in [2.75, 3.05) is 0 Å². The fourth-order valence-corrected chi connectivity index (χ4v) is 6.06. The van der Waals surface area contributed by atoms with E-state index in [4.69, 9.17) is 4.43 Å². The number of hydrogen-bond donors (Lipinski definition) is 0. The van der Waals surface area contributed by atoms with Crippen LogP contribution in [0, 0.1) is 0 Å². The molecule has 0 aliphatic carbocycles. The Morgan fingerprint density at radius 3 is 1.82 bits per heavy atom. The second-order valence-corrected chi connectivity index (χ2v) is 15.4. The molecule has 0 aliphatic rings. The molecule has 2 aromatic rings. The van der Waals surface area contributed by atoms with E-state index in [-0.39, 0.29) is 0 Å². The zero-order valence-corrected chi connectivity index (χ0v) is 16.0. The van der Waals surface area contributed by atoms with Crippen molar-refractivity contribution in [2.45, 2.75) is 32.2 Å². The van der Waals surface area contributed by atoms with Crippen LogP contribution in [0.2, 0.25) is 32.2 Å². The number of rotatable bonds is 6. The third-order valence-corrected chi connectivity index (χ3v) is 9.71. The van der Waals surface area contributed by atoms with Crippen molar-refractivity contribution in [3.63, 3.8) is 0 Å². The fourth-order valence-electron chi connectivity index (χ4n) is 2.48. The molecule has 0 amide bonds. The molecule has 116 valence electrons. The van der Waals surface area contributed by atoms with Crippen LogP contribution in [0.15, 0.2) is 73.0 Å². The highest BCUT2D eigenvalue weighted by molar-refractivity contribution is 6.90. The summed E-state index contributed by atoms with van der Waals surface area (Å²) in [5, 5.41) is 2.83. The molecule has 0 aliphatic heterocycles. The minimum absolute atomic E-state index is 1.11. The van der Waals surface area contributed by atoms with E-state index in [0.717, 1.165) is 6.04 Å². The molecule has 0 unspecified atom stereocenters. The van der Waals surface area contributed by atoms with Gasteiger partial charge in [0, 0.05) is 0 Å². The highest BCUT2D eigenvalue weighted by Crippen LogP contribution is 2.12. The normalized spacial score (nSPS) is 12.5. The zero-order valence-electron chi connectivity index (χ0n) is 14.0. The summed E-state index contributed by atoms with van der Waals surface area (Å²) in [6.45, 7) is 9.30. The third kappa shape index (κ3) is 4.45. The average molecular weight is 327 g/mol. The molecular weight excluding hydrogens is 300 g/mol. The molecule has 0 radical (unpaired) electrons.